The number of carbonyl (C=O) groups is 1. The van der Waals surface area contributed by atoms with Crippen LogP contribution in [0, 0.1) is 0 Å². The number of hydrogen-bond acceptors (Lipinski definition) is 7. The van der Waals surface area contributed by atoms with E-state index in [2.05, 4.69) is 16.0 Å². The molecule has 1 amide bonds. The normalized spacial score (nSPS) is 11.0. The maximum atomic E-state index is 12.0. The monoisotopic (exact) mass is 408 g/mol. The van der Waals surface area contributed by atoms with Crippen molar-refractivity contribution in [1.82, 2.24) is 16.0 Å². The molecule has 0 radical (unpaired) electrons. The van der Waals surface area contributed by atoms with E-state index in [1.165, 1.54) is 32.4 Å². The van der Waals surface area contributed by atoms with Gasteiger partial charge in [0.15, 0.2) is 0 Å². The molecule has 0 bridgehead atoms. The summed E-state index contributed by atoms with van der Waals surface area (Å²) in [7, 11) is 2.99. The molecule has 0 aliphatic carbocycles. The lowest BCUT2D eigenvalue weighted by Crippen LogP contribution is -2.26. The van der Waals surface area contributed by atoms with Crippen LogP contribution in [0.15, 0.2) is 18.2 Å². The van der Waals surface area contributed by atoms with Gasteiger partial charge in [-0.15, -0.1) is 0 Å². The van der Waals surface area contributed by atoms with Crippen LogP contribution in [0.3, 0.4) is 0 Å². The summed E-state index contributed by atoms with van der Waals surface area (Å²) < 4.78 is 10.5. The topological polar surface area (TPSA) is 118 Å². The molecule has 0 aliphatic heterocycles. The molecule has 1 rings (SSSR count). The summed E-state index contributed by atoms with van der Waals surface area (Å²) in [6, 6.07) is 2.95. The number of hydrogen-bond donors (Lipinski definition) is 5. The molecular weight excluding hydrogens is 372 g/mol. The first-order valence-electron chi connectivity index (χ1n) is 10.1. The largest absolute Gasteiger partial charge is 0.508 e. The Labute approximate surface area is 173 Å². The van der Waals surface area contributed by atoms with E-state index in [0.717, 1.165) is 58.4 Å². The Morgan fingerprint density at radius 3 is 2.07 bits per heavy atom. The van der Waals surface area contributed by atoms with Crippen molar-refractivity contribution in [3.63, 3.8) is 0 Å². The van der Waals surface area contributed by atoms with Gasteiger partial charge < -0.3 is 36.3 Å². The van der Waals surface area contributed by atoms with Crippen LogP contribution in [0.2, 0.25) is 0 Å². The molecule has 164 valence electrons. The molecule has 8 heteroatoms. The van der Waals surface area contributed by atoms with E-state index in [0.29, 0.717) is 23.6 Å². The highest BCUT2D eigenvalue weighted by atomic mass is 16.5. The van der Waals surface area contributed by atoms with E-state index in [1.54, 1.807) is 6.08 Å². The Balaban J connectivity index is 2.19. The van der Waals surface area contributed by atoms with Crippen molar-refractivity contribution in [2.45, 2.75) is 25.7 Å². The molecule has 8 nitrogen and oxygen atoms in total. The lowest BCUT2D eigenvalue weighted by Gasteiger charge is -2.11. The van der Waals surface area contributed by atoms with Crippen LogP contribution in [0.1, 0.15) is 31.2 Å². The number of nitrogens with one attached hydrogen (secondary N) is 3. The van der Waals surface area contributed by atoms with Crippen molar-refractivity contribution in [1.29, 1.82) is 0 Å². The molecule has 0 saturated heterocycles. The molecule has 0 aliphatic rings. The summed E-state index contributed by atoms with van der Waals surface area (Å²) in [6.45, 7) is 5.20. The van der Waals surface area contributed by atoms with Gasteiger partial charge in [-0.2, -0.15) is 0 Å². The minimum atomic E-state index is -0.189. The third kappa shape index (κ3) is 10.7. The number of methoxy groups -OCH3 is 2. The molecule has 0 unspecified atom stereocenters. The van der Waals surface area contributed by atoms with E-state index in [1.807, 2.05) is 0 Å². The standard InChI is InChI=1S/C21H36N4O4/c1-28-19-15-17(26)16-20(29-2)18(19)7-8-21(27)25-14-6-13-24-11-4-3-10-23-12-5-9-22/h7-8,15-16,23-24,26H,3-6,9-14,22H2,1-2H3,(H,25,27)/b8-7+. The van der Waals surface area contributed by atoms with Gasteiger partial charge in [0, 0.05) is 24.8 Å². The number of unbranched alkanes of at least 4 members (excludes halogenated alkanes) is 1. The van der Waals surface area contributed by atoms with Crippen LogP contribution in [-0.4, -0.2) is 64.5 Å². The zero-order chi connectivity index (χ0) is 21.3. The maximum Gasteiger partial charge on any atom is 0.244 e. The van der Waals surface area contributed by atoms with E-state index >= 15 is 0 Å². The minimum absolute atomic E-state index is 0.0376. The number of ether oxygens (including phenoxy) is 2. The molecule has 1 aromatic carbocycles. The van der Waals surface area contributed by atoms with Crippen molar-refractivity contribution < 1.29 is 19.4 Å². The average molecular weight is 409 g/mol. The number of benzene rings is 1. The number of rotatable bonds is 16. The number of phenolic OH excluding ortho intramolecular Hbond substituents is 1. The predicted octanol–water partition coefficient (Wildman–Crippen LogP) is 1.24. The molecular formula is C21H36N4O4. The molecule has 0 spiro atoms. The lowest BCUT2D eigenvalue weighted by molar-refractivity contribution is -0.116. The fraction of sp³-hybridized carbons (Fsp3) is 0.571. The molecule has 0 atom stereocenters. The van der Waals surface area contributed by atoms with Gasteiger partial charge in [-0.3, -0.25) is 4.79 Å². The molecule has 0 fully saturated rings. The fourth-order valence-electron chi connectivity index (χ4n) is 2.71. The molecule has 0 heterocycles. The third-order valence-electron chi connectivity index (χ3n) is 4.27. The minimum Gasteiger partial charge on any atom is -0.508 e. The number of amides is 1. The van der Waals surface area contributed by atoms with Crippen molar-refractivity contribution in [2.24, 2.45) is 5.73 Å². The zero-order valence-corrected chi connectivity index (χ0v) is 17.6. The van der Waals surface area contributed by atoms with Gasteiger partial charge in [0.25, 0.3) is 0 Å². The Hall–Kier alpha value is -2.29. The first-order valence-corrected chi connectivity index (χ1v) is 10.1. The second kappa shape index (κ2) is 15.6. The van der Waals surface area contributed by atoms with Gasteiger partial charge in [-0.05, 0) is 64.5 Å². The Morgan fingerprint density at radius 1 is 0.966 bits per heavy atom. The van der Waals surface area contributed by atoms with Gasteiger partial charge >= 0.3 is 0 Å². The van der Waals surface area contributed by atoms with Gasteiger partial charge in [0.1, 0.15) is 17.2 Å². The predicted molar refractivity (Wildman–Crippen MR) is 117 cm³/mol. The van der Waals surface area contributed by atoms with Crippen molar-refractivity contribution >= 4 is 12.0 Å². The van der Waals surface area contributed by atoms with Crippen LogP contribution in [0.5, 0.6) is 17.2 Å². The summed E-state index contributed by atoms with van der Waals surface area (Å²) in [5.41, 5.74) is 6.04. The van der Waals surface area contributed by atoms with Crippen molar-refractivity contribution in [2.75, 3.05) is 53.5 Å². The Morgan fingerprint density at radius 2 is 1.52 bits per heavy atom. The summed E-state index contributed by atoms with van der Waals surface area (Å²) in [4.78, 5) is 12.0. The van der Waals surface area contributed by atoms with E-state index in [9.17, 15) is 9.90 Å². The summed E-state index contributed by atoms with van der Waals surface area (Å²) in [6.07, 6.45) is 7.20. The number of phenols is 1. The number of aromatic hydroxyl groups is 1. The van der Waals surface area contributed by atoms with Gasteiger partial charge in [-0.25, -0.2) is 0 Å². The molecule has 1 aromatic rings. The number of carbonyl (C=O) groups excluding carboxylic acids is 1. The second-order valence-electron chi connectivity index (χ2n) is 6.59. The fourth-order valence-corrected chi connectivity index (χ4v) is 2.71. The molecule has 29 heavy (non-hydrogen) atoms. The van der Waals surface area contributed by atoms with Crippen molar-refractivity contribution in [3.8, 4) is 17.2 Å². The zero-order valence-electron chi connectivity index (χ0n) is 17.6. The molecule has 0 saturated carbocycles. The van der Waals surface area contributed by atoms with Gasteiger partial charge in [-0.1, -0.05) is 0 Å². The molecule has 6 N–H and O–H groups in total. The van der Waals surface area contributed by atoms with E-state index < -0.39 is 0 Å². The van der Waals surface area contributed by atoms with Crippen LogP contribution in [0.25, 0.3) is 6.08 Å². The summed E-state index contributed by atoms with van der Waals surface area (Å²) in [5, 5.41) is 19.3. The highest BCUT2D eigenvalue weighted by molar-refractivity contribution is 5.92. The highest BCUT2D eigenvalue weighted by Crippen LogP contribution is 2.34. The Kier molecular flexibility index (Phi) is 13.3. The Bertz CT molecular complexity index is 598. The SMILES string of the molecule is COc1cc(O)cc(OC)c1/C=C/C(=O)NCCCNCCCCNCCCN. The van der Waals surface area contributed by atoms with Gasteiger partial charge in [0.05, 0.1) is 19.8 Å². The van der Waals surface area contributed by atoms with Crippen LogP contribution in [0.4, 0.5) is 0 Å². The molecule has 0 aromatic heterocycles. The summed E-state index contributed by atoms with van der Waals surface area (Å²) >= 11 is 0. The smallest absolute Gasteiger partial charge is 0.244 e. The first-order chi connectivity index (χ1) is 14.1. The number of nitrogens with two attached hydrogens (primary N) is 1. The first kappa shape index (κ1) is 24.7. The van der Waals surface area contributed by atoms with E-state index in [-0.39, 0.29) is 11.7 Å². The third-order valence-corrected chi connectivity index (χ3v) is 4.27. The lowest BCUT2D eigenvalue weighted by atomic mass is 10.1. The maximum absolute atomic E-state index is 12.0. The highest BCUT2D eigenvalue weighted by Gasteiger charge is 2.10. The average Bonchev–Trinajstić information content (AvgIpc) is 2.72. The van der Waals surface area contributed by atoms with E-state index in [4.69, 9.17) is 15.2 Å². The quantitative estimate of drug-likeness (QED) is 0.206. The van der Waals surface area contributed by atoms with Crippen LogP contribution >= 0.6 is 0 Å². The second-order valence-corrected chi connectivity index (χ2v) is 6.59. The van der Waals surface area contributed by atoms with Crippen LogP contribution in [-0.2, 0) is 4.79 Å². The van der Waals surface area contributed by atoms with Gasteiger partial charge in [0.2, 0.25) is 5.91 Å². The van der Waals surface area contributed by atoms with Crippen molar-refractivity contribution in [3.05, 3.63) is 23.8 Å². The summed E-state index contributed by atoms with van der Waals surface area (Å²) in [5.74, 6) is 0.718. The van der Waals surface area contributed by atoms with Crippen LogP contribution < -0.4 is 31.2 Å².